The van der Waals surface area contributed by atoms with Gasteiger partial charge in [-0.05, 0) is 12.1 Å². The number of hydrogen-bond donors (Lipinski definition) is 2. The van der Waals surface area contributed by atoms with Crippen molar-refractivity contribution in [3.8, 4) is 11.4 Å². The molecule has 2 heterocycles. The summed E-state index contributed by atoms with van der Waals surface area (Å²) in [6, 6.07) is 7.56. The molecule has 1 aliphatic rings. The zero-order valence-corrected chi connectivity index (χ0v) is 11.4. The van der Waals surface area contributed by atoms with E-state index >= 15 is 0 Å². The lowest BCUT2D eigenvalue weighted by Crippen LogP contribution is -2.50. The highest BCUT2D eigenvalue weighted by Gasteiger charge is 2.38. The molecule has 0 spiro atoms. The van der Waals surface area contributed by atoms with Gasteiger partial charge in [0.15, 0.2) is 0 Å². The Hall–Kier alpha value is -1.63. The zero-order chi connectivity index (χ0) is 14.0. The first kappa shape index (κ1) is 13.4. The van der Waals surface area contributed by atoms with Gasteiger partial charge in [-0.15, -0.1) is 0 Å². The highest BCUT2D eigenvalue weighted by Crippen LogP contribution is 2.27. The second kappa shape index (κ2) is 5.40. The van der Waals surface area contributed by atoms with Crippen LogP contribution in [0.2, 0.25) is 5.02 Å². The van der Waals surface area contributed by atoms with Crippen LogP contribution in [0.25, 0.3) is 11.4 Å². The number of halogens is 1. The van der Waals surface area contributed by atoms with Gasteiger partial charge in [0.25, 0.3) is 0 Å². The smallest absolute Gasteiger partial charge is 0.321 e. The molecule has 0 aliphatic carbocycles. The third-order valence-corrected chi connectivity index (χ3v) is 3.51. The quantitative estimate of drug-likeness (QED) is 0.876. The van der Waals surface area contributed by atoms with Crippen LogP contribution in [0.5, 0.6) is 0 Å². The van der Waals surface area contributed by atoms with E-state index in [1.807, 2.05) is 12.1 Å². The molecule has 2 aromatic rings. The number of hydrogen-bond acceptors (Lipinski definition) is 6. The first-order valence-corrected chi connectivity index (χ1v) is 6.61. The van der Waals surface area contributed by atoms with Gasteiger partial charge in [0.2, 0.25) is 5.82 Å². The molecular weight excluding hydrogens is 282 g/mol. The lowest BCUT2D eigenvalue weighted by atomic mass is 9.87. The maximum Gasteiger partial charge on any atom is 0.321 e. The third kappa shape index (κ3) is 2.63. The molecule has 0 saturated carbocycles. The van der Waals surface area contributed by atoms with Crippen LogP contribution >= 0.6 is 11.6 Å². The number of benzene rings is 1. The van der Waals surface area contributed by atoms with E-state index in [0.717, 1.165) is 5.56 Å². The first-order chi connectivity index (χ1) is 9.71. The maximum absolute atomic E-state index is 9.33. The van der Waals surface area contributed by atoms with Crippen LogP contribution in [-0.4, -0.2) is 41.6 Å². The highest BCUT2D eigenvalue weighted by atomic mass is 35.5. The summed E-state index contributed by atoms with van der Waals surface area (Å²) in [7, 11) is 0. The summed E-state index contributed by atoms with van der Waals surface area (Å²) < 4.78 is 10.3. The average molecular weight is 296 g/mol. The van der Waals surface area contributed by atoms with Gasteiger partial charge in [0, 0.05) is 17.1 Å². The summed E-state index contributed by atoms with van der Waals surface area (Å²) in [6.07, 6.45) is 0. The largest absolute Gasteiger partial charge is 0.396 e. The topological polar surface area (TPSA) is 80.4 Å². The van der Waals surface area contributed by atoms with E-state index in [9.17, 15) is 5.11 Å². The number of aromatic nitrogens is 2. The molecular formula is C13H14ClN3O3. The zero-order valence-electron chi connectivity index (χ0n) is 10.7. The molecule has 1 aromatic carbocycles. The monoisotopic (exact) mass is 295 g/mol. The molecule has 7 heteroatoms. The fraction of sp³-hybridized carbons (Fsp3) is 0.385. The summed E-state index contributed by atoms with van der Waals surface area (Å²) in [5.74, 6) is 0.470. The summed E-state index contributed by atoms with van der Waals surface area (Å²) >= 11 is 5.92. The fourth-order valence-electron chi connectivity index (χ4n) is 1.94. The van der Waals surface area contributed by atoms with Crippen molar-refractivity contribution < 1.29 is 14.4 Å². The summed E-state index contributed by atoms with van der Waals surface area (Å²) in [5, 5.41) is 16.9. The predicted molar refractivity (Wildman–Crippen MR) is 73.6 cm³/mol. The van der Waals surface area contributed by atoms with Gasteiger partial charge < -0.3 is 19.7 Å². The number of aliphatic hydroxyl groups excluding tert-OH is 1. The molecule has 0 atom stereocenters. The third-order valence-electron chi connectivity index (χ3n) is 3.28. The normalized spacial score (nSPS) is 16.7. The lowest BCUT2D eigenvalue weighted by Gasteiger charge is -2.39. The summed E-state index contributed by atoms with van der Waals surface area (Å²) in [4.78, 5) is 4.25. The minimum Gasteiger partial charge on any atom is -0.396 e. The Morgan fingerprint density at radius 3 is 2.90 bits per heavy atom. The van der Waals surface area contributed by atoms with Gasteiger partial charge in [-0.2, -0.15) is 4.98 Å². The molecule has 6 nitrogen and oxygen atoms in total. The second-order valence-electron chi connectivity index (χ2n) is 4.94. The predicted octanol–water partition coefficient (Wildman–Crippen LogP) is 1.81. The van der Waals surface area contributed by atoms with Crippen LogP contribution in [0, 0.1) is 5.41 Å². The number of aliphatic hydroxyl groups is 1. The van der Waals surface area contributed by atoms with E-state index in [1.165, 1.54) is 0 Å². The van der Waals surface area contributed by atoms with Crippen molar-refractivity contribution in [3.63, 3.8) is 0 Å². The van der Waals surface area contributed by atoms with Crippen molar-refractivity contribution in [2.45, 2.75) is 0 Å². The van der Waals surface area contributed by atoms with Crippen LogP contribution in [0.15, 0.2) is 28.8 Å². The van der Waals surface area contributed by atoms with Gasteiger partial charge in [-0.25, -0.2) is 0 Å². The van der Waals surface area contributed by atoms with E-state index in [-0.39, 0.29) is 12.0 Å². The van der Waals surface area contributed by atoms with Crippen molar-refractivity contribution in [2.75, 3.05) is 31.7 Å². The molecule has 1 fully saturated rings. The lowest BCUT2D eigenvalue weighted by molar-refractivity contribution is -0.128. The molecule has 1 aromatic heterocycles. The van der Waals surface area contributed by atoms with E-state index in [0.29, 0.717) is 36.6 Å². The molecule has 3 rings (SSSR count). The minimum atomic E-state index is -0.245. The van der Waals surface area contributed by atoms with Crippen LogP contribution in [0.1, 0.15) is 0 Å². The van der Waals surface area contributed by atoms with Crippen molar-refractivity contribution in [1.29, 1.82) is 0 Å². The minimum absolute atomic E-state index is 0.0648. The molecule has 0 unspecified atom stereocenters. The van der Waals surface area contributed by atoms with E-state index < -0.39 is 0 Å². The van der Waals surface area contributed by atoms with Gasteiger partial charge in [0.05, 0.1) is 25.2 Å². The Kier molecular flexibility index (Phi) is 3.60. The highest BCUT2D eigenvalue weighted by molar-refractivity contribution is 6.30. The van der Waals surface area contributed by atoms with Crippen molar-refractivity contribution in [1.82, 2.24) is 10.1 Å². The van der Waals surface area contributed by atoms with E-state index in [1.54, 1.807) is 12.1 Å². The Bertz CT molecular complexity index is 593. The Morgan fingerprint density at radius 2 is 2.25 bits per heavy atom. The van der Waals surface area contributed by atoms with Crippen LogP contribution in [0.3, 0.4) is 0 Å². The Labute approximate surface area is 120 Å². The van der Waals surface area contributed by atoms with Crippen LogP contribution in [0.4, 0.5) is 6.01 Å². The van der Waals surface area contributed by atoms with Crippen LogP contribution < -0.4 is 5.32 Å². The van der Waals surface area contributed by atoms with Gasteiger partial charge >= 0.3 is 6.01 Å². The fourth-order valence-corrected chi connectivity index (χ4v) is 2.13. The molecule has 0 bridgehead atoms. The van der Waals surface area contributed by atoms with Crippen LogP contribution in [-0.2, 0) is 4.74 Å². The average Bonchev–Trinajstić information content (AvgIpc) is 2.87. The number of rotatable bonds is 5. The summed E-state index contributed by atoms with van der Waals surface area (Å²) in [6.45, 7) is 1.66. The molecule has 2 N–H and O–H groups in total. The first-order valence-electron chi connectivity index (χ1n) is 6.23. The van der Waals surface area contributed by atoms with Crippen molar-refractivity contribution in [3.05, 3.63) is 29.3 Å². The van der Waals surface area contributed by atoms with Gasteiger partial charge in [-0.3, -0.25) is 0 Å². The second-order valence-corrected chi connectivity index (χ2v) is 5.37. The molecule has 0 radical (unpaired) electrons. The Balaban J connectivity index is 1.68. The van der Waals surface area contributed by atoms with E-state index in [4.69, 9.17) is 20.9 Å². The van der Waals surface area contributed by atoms with Gasteiger partial charge in [-0.1, -0.05) is 28.9 Å². The number of anilines is 1. The molecule has 1 saturated heterocycles. The summed E-state index contributed by atoms with van der Waals surface area (Å²) in [5.41, 5.74) is 0.545. The van der Waals surface area contributed by atoms with Crippen molar-refractivity contribution >= 4 is 17.6 Å². The molecule has 20 heavy (non-hydrogen) atoms. The maximum atomic E-state index is 9.33. The number of nitrogens with zero attached hydrogens (tertiary/aromatic N) is 2. The molecule has 106 valence electrons. The SMILES string of the molecule is OCC1(CNc2nc(-c3cccc(Cl)c3)no2)COC1. The number of nitrogens with one attached hydrogen (secondary N) is 1. The molecule has 0 amide bonds. The van der Waals surface area contributed by atoms with Gasteiger partial charge in [0.1, 0.15) is 0 Å². The van der Waals surface area contributed by atoms with E-state index in [2.05, 4.69) is 15.5 Å². The molecule has 1 aliphatic heterocycles. The Morgan fingerprint density at radius 1 is 1.40 bits per heavy atom. The van der Waals surface area contributed by atoms with Crippen molar-refractivity contribution in [2.24, 2.45) is 5.41 Å². The number of ether oxygens (including phenoxy) is 1. The standard InChI is InChI=1S/C13H14ClN3O3/c14-10-3-1-2-9(4-10)11-16-12(20-17-11)15-5-13(6-18)7-19-8-13/h1-4,18H,5-8H2,(H,15,16,17).